The van der Waals surface area contributed by atoms with Crippen LogP contribution in [-0.4, -0.2) is 21.8 Å². The highest BCUT2D eigenvalue weighted by Crippen LogP contribution is 2.43. The first-order valence-electron chi connectivity index (χ1n) is 28.3. The van der Waals surface area contributed by atoms with Crippen LogP contribution in [0.2, 0.25) is 0 Å². The number of para-hydroxylation sites is 4. The first kappa shape index (κ1) is 47.5. The van der Waals surface area contributed by atoms with E-state index in [0.29, 0.717) is 0 Å². The molecule has 3 heterocycles. The van der Waals surface area contributed by atoms with Gasteiger partial charge in [0.25, 0.3) is 0 Å². The molecule has 82 heavy (non-hydrogen) atoms. The first-order valence-corrected chi connectivity index (χ1v) is 30.3. The van der Waals surface area contributed by atoms with Gasteiger partial charge in [0.2, 0.25) is 0 Å². The van der Waals surface area contributed by atoms with Crippen molar-refractivity contribution in [3.63, 3.8) is 0 Å². The van der Waals surface area contributed by atoms with Crippen molar-refractivity contribution in [3.05, 3.63) is 322 Å². The van der Waals surface area contributed by atoms with Gasteiger partial charge in [0.1, 0.15) is 0 Å². The number of rotatable bonds is 10. The van der Waals surface area contributed by atoms with Crippen LogP contribution in [0.15, 0.2) is 322 Å². The fourth-order valence-electron chi connectivity index (χ4n) is 13.6. The molecule has 3 aromatic heterocycles. The maximum Gasteiger partial charge on any atom is 0.179 e. The van der Waals surface area contributed by atoms with Crippen molar-refractivity contribution < 1.29 is 0 Å². The number of benzene rings is 13. The van der Waals surface area contributed by atoms with E-state index in [0.717, 1.165) is 39.2 Å². The smallest absolute Gasteiger partial charge is 0.179 e. The Labute approximate surface area is 477 Å². The van der Waals surface area contributed by atoms with Gasteiger partial charge in [-0.05, 0) is 110 Å². The molecule has 0 atom stereocenters. The van der Waals surface area contributed by atoms with E-state index in [1.807, 2.05) is 0 Å². The molecule has 16 aromatic rings. The predicted molar refractivity (Wildman–Crippen MR) is 349 cm³/mol. The average molecular weight is 1060 g/mol. The van der Waals surface area contributed by atoms with Crippen molar-refractivity contribution in [2.75, 3.05) is 0 Å². The third kappa shape index (κ3) is 7.42. The number of aromatic nitrogens is 3. The highest BCUT2D eigenvalue weighted by atomic mass is 28.3. The Bertz CT molecular complexity index is 4870. The molecule has 3 nitrogen and oxygen atoms in total. The summed E-state index contributed by atoms with van der Waals surface area (Å²) in [6, 6.07) is 120. The molecule has 0 aliphatic rings. The summed E-state index contributed by atoms with van der Waals surface area (Å²) in [6.45, 7) is 0. The SMILES string of the molecule is c1ccc(-c2cc([Si](c3ccccc3)(c3ccccc3)c3ccccc3)cc(-c3ccccc3)c2-n2c3ccccc3c3cc(-c4cccc(-n5c6ccccc6c6cc(-n7c8ccccc8c8ccccc87)ccc65)c4)ccc32)cc1. The molecule has 0 amide bonds. The minimum absolute atomic E-state index is 1.12. The maximum absolute atomic E-state index is 2.99. The van der Waals surface area contributed by atoms with Gasteiger partial charge in [-0.1, -0.05) is 255 Å². The Morgan fingerprint density at radius 2 is 0.537 bits per heavy atom. The molecule has 4 heteroatoms. The van der Waals surface area contributed by atoms with Crippen molar-refractivity contribution in [3.8, 4) is 50.4 Å². The van der Waals surface area contributed by atoms with E-state index >= 15 is 0 Å². The Morgan fingerprint density at radius 3 is 1.02 bits per heavy atom. The van der Waals surface area contributed by atoms with Crippen LogP contribution in [0, 0.1) is 0 Å². The summed E-state index contributed by atoms with van der Waals surface area (Å²) in [4.78, 5) is 0. The molecule has 0 aliphatic heterocycles. The van der Waals surface area contributed by atoms with Crippen LogP contribution >= 0.6 is 0 Å². The van der Waals surface area contributed by atoms with Gasteiger partial charge >= 0.3 is 0 Å². The second kappa shape index (κ2) is 19.4. The second-order valence-corrected chi connectivity index (χ2v) is 25.4. The van der Waals surface area contributed by atoms with Crippen LogP contribution in [0.1, 0.15) is 0 Å². The van der Waals surface area contributed by atoms with E-state index in [9.17, 15) is 0 Å². The molecule has 0 saturated heterocycles. The van der Waals surface area contributed by atoms with Crippen molar-refractivity contribution in [2.24, 2.45) is 0 Å². The van der Waals surface area contributed by atoms with E-state index in [2.05, 4.69) is 335 Å². The van der Waals surface area contributed by atoms with Crippen LogP contribution in [0.4, 0.5) is 0 Å². The lowest BCUT2D eigenvalue weighted by molar-refractivity contribution is 1.17. The monoisotopic (exact) mass is 1060 g/mol. The zero-order valence-corrected chi connectivity index (χ0v) is 45.9. The van der Waals surface area contributed by atoms with Gasteiger partial charge in [-0.25, -0.2) is 0 Å². The first-order chi connectivity index (χ1) is 40.7. The van der Waals surface area contributed by atoms with E-state index in [1.165, 1.54) is 97.4 Å². The topological polar surface area (TPSA) is 14.8 Å². The summed E-state index contributed by atoms with van der Waals surface area (Å²) in [5.74, 6) is 0. The van der Waals surface area contributed by atoms with E-state index in [4.69, 9.17) is 0 Å². The van der Waals surface area contributed by atoms with Crippen molar-refractivity contribution in [2.45, 2.75) is 0 Å². The highest BCUT2D eigenvalue weighted by molar-refractivity contribution is 7.20. The summed E-state index contributed by atoms with van der Waals surface area (Å²) < 4.78 is 7.42. The zero-order valence-electron chi connectivity index (χ0n) is 44.9. The molecule has 16 rings (SSSR count). The van der Waals surface area contributed by atoms with Crippen LogP contribution in [0.5, 0.6) is 0 Å². The number of fused-ring (bicyclic) bond motifs is 9. The minimum atomic E-state index is -2.99. The molecular formula is C78H53N3Si. The number of hydrogen-bond acceptors (Lipinski definition) is 0. The zero-order chi connectivity index (χ0) is 54.1. The Hall–Kier alpha value is -10.5. The lowest BCUT2D eigenvalue weighted by atomic mass is 9.95. The summed E-state index contributed by atoms with van der Waals surface area (Å²) >= 11 is 0. The molecular weight excluding hydrogens is 1010 g/mol. The van der Waals surface area contributed by atoms with Crippen LogP contribution < -0.4 is 20.7 Å². The molecule has 0 N–H and O–H groups in total. The minimum Gasteiger partial charge on any atom is -0.309 e. The lowest BCUT2D eigenvalue weighted by Gasteiger charge is -2.36. The molecule has 0 unspecified atom stereocenters. The van der Waals surface area contributed by atoms with E-state index < -0.39 is 8.07 Å². The normalized spacial score (nSPS) is 11.9. The fourth-order valence-corrected chi connectivity index (χ4v) is 18.4. The molecule has 384 valence electrons. The number of nitrogens with zero attached hydrogens (tertiary/aromatic N) is 3. The van der Waals surface area contributed by atoms with Crippen LogP contribution in [0.25, 0.3) is 116 Å². The van der Waals surface area contributed by atoms with Crippen molar-refractivity contribution >= 4 is 94.2 Å². The second-order valence-electron chi connectivity index (χ2n) is 21.6. The van der Waals surface area contributed by atoms with Crippen LogP contribution in [-0.2, 0) is 0 Å². The third-order valence-electron chi connectivity index (χ3n) is 17.2. The van der Waals surface area contributed by atoms with Gasteiger partial charge in [-0.2, -0.15) is 0 Å². The highest BCUT2D eigenvalue weighted by Gasteiger charge is 2.42. The molecule has 0 fully saturated rings. The fraction of sp³-hybridized carbons (Fsp3) is 0. The quantitative estimate of drug-likeness (QED) is 0.0958. The summed E-state index contributed by atoms with van der Waals surface area (Å²) in [5.41, 5.74) is 17.5. The summed E-state index contributed by atoms with van der Waals surface area (Å²) in [5, 5.41) is 12.7. The third-order valence-corrected chi connectivity index (χ3v) is 21.9. The van der Waals surface area contributed by atoms with Crippen molar-refractivity contribution in [1.29, 1.82) is 0 Å². The number of hydrogen-bond donors (Lipinski definition) is 0. The molecule has 0 aliphatic carbocycles. The Morgan fingerprint density at radius 1 is 0.195 bits per heavy atom. The summed E-state index contributed by atoms with van der Waals surface area (Å²) in [6.07, 6.45) is 0. The molecule has 0 saturated carbocycles. The van der Waals surface area contributed by atoms with E-state index in [1.54, 1.807) is 0 Å². The Kier molecular flexibility index (Phi) is 11.2. The maximum atomic E-state index is 2.56. The largest absolute Gasteiger partial charge is 0.309 e. The van der Waals surface area contributed by atoms with Gasteiger partial charge in [0.05, 0.1) is 38.8 Å². The predicted octanol–water partition coefficient (Wildman–Crippen LogP) is 17.4. The van der Waals surface area contributed by atoms with Crippen LogP contribution in [0.3, 0.4) is 0 Å². The van der Waals surface area contributed by atoms with Crippen molar-refractivity contribution in [1.82, 2.24) is 13.7 Å². The van der Waals surface area contributed by atoms with Gasteiger partial charge in [-0.15, -0.1) is 0 Å². The molecule has 0 radical (unpaired) electrons. The van der Waals surface area contributed by atoms with Gasteiger partial charge in [0, 0.05) is 54.8 Å². The van der Waals surface area contributed by atoms with Gasteiger partial charge < -0.3 is 13.7 Å². The molecule has 0 spiro atoms. The molecule has 13 aromatic carbocycles. The summed E-state index contributed by atoms with van der Waals surface area (Å²) in [7, 11) is -2.99. The van der Waals surface area contributed by atoms with Gasteiger partial charge in [0.15, 0.2) is 8.07 Å². The Balaban J connectivity index is 0.900. The van der Waals surface area contributed by atoms with E-state index in [-0.39, 0.29) is 0 Å². The molecule has 0 bridgehead atoms. The van der Waals surface area contributed by atoms with Gasteiger partial charge in [-0.3, -0.25) is 0 Å². The lowest BCUT2D eigenvalue weighted by Crippen LogP contribution is -2.74. The average Bonchev–Trinajstić information content (AvgIpc) is 4.07. The standard InChI is InChI=1S/C78H53N3Si/c1-6-25-54(26-7-1)68-52-63(82(60-31-10-3-11-32-60,61-33-12-4-13-34-61)62-35-14-5-15-36-62)53-69(55-27-8-2-9-28-55)78(68)81-75-44-23-19-39-66(75)70-50-57(45-47-77(70)81)56-29-24-30-58(49-56)79-74-43-22-18-40-67(74)71-51-59(46-48-76(71)79)80-72-41-20-16-37-64(72)65-38-17-21-42-73(65)80/h1-53H.